The van der Waals surface area contributed by atoms with Crippen LogP contribution >= 0.6 is 0 Å². The van der Waals surface area contributed by atoms with E-state index in [4.69, 9.17) is 4.74 Å². The average Bonchev–Trinajstić information content (AvgIpc) is 2.69. The number of aromatic nitrogens is 2. The normalized spacial score (nSPS) is 14.2. The predicted molar refractivity (Wildman–Crippen MR) is 102 cm³/mol. The monoisotopic (exact) mass is 369 g/mol. The van der Waals surface area contributed by atoms with Gasteiger partial charge in [-0.2, -0.15) is 0 Å². The molecule has 0 spiro atoms. The lowest BCUT2D eigenvalue weighted by molar-refractivity contribution is -0.118. The highest BCUT2D eigenvalue weighted by atomic mass is 16.5. The quantitative estimate of drug-likeness (QED) is 0.781. The van der Waals surface area contributed by atoms with Crippen LogP contribution in [0.5, 0.6) is 5.75 Å². The molecule has 0 unspecified atom stereocenters. The summed E-state index contributed by atoms with van der Waals surface area (Å²) in [6.07, 6.45) is 2.34. The Labute approximate surface area is 158 Å². The molecule has 1 fully saturated rings. The van der Waals surface area contributed by atoms with E-state index in [0.717, 1.165) is 12.2 Å². The first kappa shape index (κ1) is 18.6. The van der Waals surface area contributed by atoms with Crippen LogP contribution in [0, 0.1) is 0 Å². The molecule has 1 N–H and O–H groups in total. The molecule has 3 rings (SSSR count). The second-order valence-corrected chi connectivity index (χ2v) is 6.53. The van der Waals surface area contributed by atoms with Gasteiger partial charge in [-0.05, 0) is 38.1 Å². The van der Waals surface area contributed by atoms with Gasteiger partial charge in [0.05, 0.1) is 6.10 Å². The summed E-state index contributed by atoms with van der Waals surface area (Å²) in [5.74, 6) is 1.13. The number of carbonyl (C=O) groups excluding carboxylic acids is 2. The predicted octanol–water partition coefficient (Wildman–Crippen LogP) is 1.79. The maximum atomic E-state index is 12.5. The van der Waals surface area contributed by atoms with Crippen molar-refractivity contribution in [2.45, 2.75) is 20.0 Å². The Morgan fingerprint density at radius 2 is 1.85 bits per heavy atom. The van der Waals surface area contributed by atoms with Gasteiger partial charge < -0.3 is 19.9 Å². The van der Waals surface area contributed by atoms with Crippen molar-refractivity contribution in [2.24, 2.45) is 0 Å². The fourth-order valence-electron chi connectivity index (χ4n) is 2.78. The van der Waals surface area contributed by atoms with E-state index in [1.54, 1.807) is 23.1 Å². The Bertz CT molecular complexity index is 786. The molecule has 0 bridgehead atoms. The third kappa shape index (κ3) is 4.93. The van der Waals surface area contributed by atoms with E-state index in [2.05, 4.69) is 15.3 Å². The van der Waals surface area contributed by atoms with E-state index in [0.29, 0.717) is 43.4 Å². The lowest BCUT2D eigenvalue weighted by Crippen LogP contribution is -2.46. The zero-order chi connectivity index (χ0) is 19.2. The summed E-state index contributed by atoms with van der Waals surface area (Å²) in [4.78, 5) is 35.4. The van der Waals surface area contributed by atoms with Gasteiger partial charge >= 0.3 is 0 Å². The van der Waals surface area contributed by atoms with Crippen molar-refractivity contribution in [3.63, 3.8) is 0 Å². The molecule has 27 heavy (non-hydrogen) atoms. The molecule has 142 valence electrons. The summed E-state index contributed by atoms with van der Waals surface area (Å²) >= 11 is 0. The fraction of sp³-hybridized carbons (Fsp3) is 0.368. The summed E-state index contributed by atoms with van der Waals surface area (Å²) in [5, 5.41) is 2.83. The minimum Gasteiger partial charge on any atom is -0.491 e. The van der Waals surface area contributed by atoms with Crippen molar-refractivity contribution in [1.82, 2.24) is 14.9 Å². The number of nitrogens with one attached hydrogen (secondary N) is 1. The van der Waals surface area contributed by atoms with Gasteiger partial charge in [-0.3, -0.25) is 9.59 Å². The summed E-state index contributed by atoms with van der Waals surface area (Å²) in [5.41, 5.74) is 0.955. The lowest BCUT2D eigenvalue weighted by Gasteiger charge is -2.33. The van der Waals surface area contributed by atoms with Crippen molar-refractivity contribution in [2.75, 3.05) is 36.4 Å². The first-order valence-electron chi connectivity index (χ1n) is 8.89. The number of hydrogen-bond acceptors (Lipinski definition) is 6. The van der Waals surface area contributed by atoms with Crippen LogP contribution in [-0.4, -0.2) is 59.5 Å². The molecule has 2 heterocycles. The smallest absolute Gasteiger partial charge is 0.274 e. The van der Waals surface area contributed by atoms with Gasteiger partial charge in [-0.25, -0.2) is 9.97 Å². The molecule has 0 saturated carbocycles. The molecule has 1 aromatic carbocycles. The topological polar surface area (TPSA) is 87.7 Å². The van der Waals surface area contributed by atoms with Crippen molar-refractivity contribution in [3.05, 3.63) is 42.4 Å². The van der Waals surface area contributed by atoms with E-state index in [-0.39, 0.29) is 12.0 Å². The van der Waals surface area contributed by atoms with Crippen LogP contribution in [-0.2, 0) is 4.79 Å². The zero-order valence-electron chi connectivity index (χ0n) is 15.5. The summed E-state index contributed by atoms with van der Waals surface area (Å²) in [6, 6.07) is 8.87. The van der Waals surface area contributed by atoms with Crippen LogP contribution in [0.15, 0.2) is 36.7 Å². The van der Waals surface area contributed by atoms with Gasteiger partial charge in [0, 0.05) is 37.9 Å². The van der Waals surface area contributed by atoms with E-state index >= 15 is 0 Å². The first-order valence-corrected chi connectivity index (χ1v) is 8.89. The van der Waals surface area contributed by atoms with Gasteiger partial charge in [0.1, 0.15) is 23.6 Å². The highest BCUT2D eigenvalue weighted by Gasteiger charge is 2.18. The van der Waals surface area contributed by atoms with Gasteiger partial charge in [0.15, 0.2) is 0 Å². The molecule has 0 aliphatic carbocycles. The van der Waals surface area contributed by atoms with Gasteiger partial charge in [0.25, 0.3) is 5.91 Å². The molecule has 8 heteroatoms. The van der Waals surface area contributed by atoms with Crippen LogP contribution in [0.1, 0.15) is 24.3 Å². The maximum absolute atomic E-state index is 12.5. The SMILES string of the molecule is CC(C)Oc1ccc(NC(=O)c2cc(N3CCN(C=O)CC3)ncn2)cc1. The molecule has 0 atom stereocenters. The third-order valence-electron chi connectivity index (χ3n) is 4.16. The fourth-order valence-corrected chi connectivity index (χ4v) is 2.78. The molecule has 2 aromatic rings. The van der Waals surface area contributed by atoms with E-state index in [1.165, 1.54) is 6.33 Å². The Balaban J connectivity index is 1.64. The van der Waals surface area contributed by atoms with Crippen LogP contribution in [0.4, 0.5) is 11.5 Å². The van der Waals surface area contributed by atoms with Crippen molar-refractivity contribution < 1.29 is 14.3 Å². The standard InChI is InChI=1S/C19H23N5O3/c1-14(2)27-16-5-3-15(4-6-16)22-19(26)17-11-18(21-12-20-17)24-9-7-23(13-25)8-10-24/h3-6,11-14H,7-10H2,1-2H3,(H,22,26). The van der Waals surface area contributed by atoms with Crippen molar-refractivity contribution in [3.8, 4) is 5.75 Å². The number of amides is 2. The van der Waals surface area contributed by atoms with Crippen LogP contribution in [0.25, 0.3) is 0 Å². The number of benzene rings is 1. The highest BCUT2D eigenvalue weighted by molar-refractivity contribution is 6.03. The number of carbonyl (C=O) groups is 2. The molecular weight excluding hydrogens is 346 g/mol. The first-order chi connectivity index (χ1) is 13.0. The molecule has 1 saturated heterocycles. The largest absolute Gasteiger partial charge is 0.491 e. The van der Waals surface area contributed by atoms with Gasteiger partial charge in [-0.1, -0.05) is 0 Å². The molecule has 0 radical (unpaired) electrons. The van der Waals surface area contributed by atoms with E-state index in [1.807, 2.05) is 30.9 Å². The molecule has 1 aliphatic rings. The molecule has 1 aliphatic heterocycles. The Morgan fingerprint density at radius 3 is 2.48 bits per heavy atom. The van der Waals surface area contributed by atoms with Crippen LogP contribution in [0.2, 0.25) is 0 Å². The average molecular weight is 369 g/mol. The molecule has 2 amide bonds. The van der Waals surface area contributed by atoms with E-state index < -0.39 is 0 Å². The van der Waals surface area contributed by atoms with Crippen LogP contribution < -0.4 is 15.0 Å². The number of hydrogen-bond donors (Lipinski definition) is 1. The van der Waals surface area contributed by atoms with Gasteiger partial charge in [-0.15, -0.1) is 0 Å². The van der Waals surface area contributed by atoms with E-state index in [9.17, 15) is 9.59 Å². The number of rotatable bonds is 6. The molecule has 8 nitrogen and oxygen atoms in total. The second-order valence-electron chi connectivity index (χ2n) is 6.53. The summed E-state index contributed by atoms with van der Waals surface area (Å²) in [7, 11) is 0. The summed E-state index contributed by atoms with van der Waals surface area (Å²) < 4.78 is 5.59. The van der Waals surface area contributed by atoms with Crippen LogP contribution in [0.3, 0.4) is 0 Å². The minimum absolute atomic E-state index is 0.0956. The maximum Gasteiger partial charge on any atom is 0.274 e. The highest BCUT2D eigenvalue weighted by Crippen LogP contribution is 2.18. The molecule has 1 aromatic heterocycles. The third-order valence-corrected chi connectivity index (χ3v) is 4.16. The lowest BCUT2D eigenvalue weighted by atomic mass is 10.2. The Morgan fingerprint density at radius 1 is 1.15 bits per heavy atom. The Kier molecular flexibility index (Phi) is 5.85. The minimum atomic E-state index is -0.303. The molecular formula is C19H23N5O3. The number of nitrogens with zero attached hydrogens (tertiary/aromatic N) is 4. The second kappa shape index (κ2) is 8.48. The van der Waals surface area contributed by atoms with Crippen molar-refractivity contribution in [1.29, 1.82) is 0 Å². The summed E-state index contributed by atoms with van der Waals surface area (Å²) in [6.45, 7) is 6.55. The zero-order valence-corrected chi connectivity index (χ0v) is 15.5. The Hall–Kier alpha value is -3.16. The number of piperazine rings is 1. The van der Waals surface area contributed by atoms with Gasteiger partial charge in [0.2, 0.25) is 6.41 Å². The number of anilines is 2. The number of ether oxygens (including phenoxy) is 1. The van der Waals surface area contributed by atoms with Crippen molar-refractivity contribution >= 4 is 23.8 Å².